The quantitative estimate of drug-likeness (QED) is 0.172. The first-order chi connectivity index (χ1) is 27.7. The Bertz CT molecular complexity index is 3240. The van der Waals surface area contributed by atoms with E-state index in [2.05, 4.69) is 150 Å². The molecule has 3 heterocycles. The predicted octanol–water partition coefficient (Wildman–Crippen LogP) is 13.2. The molecule has 5 nitrogen and oxygen atoms in total. The molecule has 0 amide bonds. The summed E-state index contributed by atoms with van der Waals surface area (Å²) in [6.45, 7) is 0. The molecule has 11 aromatic rings. The third-order valence-electron chi connectivity index (χ3n) is 10.7. The van der Waals surface area contributed by atoms with Gasteiger partial charge in [0.05, 0.1) is 16.7 Å². The lowest BCUT2D eigenvalue weighted by Crippen LogP contribution is -2.03. The molecule has 8 aromatic carbocycles. The zero-order valence-electron chi connectivity index (χ0n) is 30.2. The summed E-state index contributed by atoms with van der Waals surface area (Å²) in [6, 6.07) is 67.5. The zero-order valence-corrected chi connectivity index (χ0v) is 30.2. The fourth-order valence-electron chi connectivity index (χ4n) is 7.96. The van der Waals surface area contributed by atoms with Crippen molar-refractivity contribution in [2.75, 3.05) is 0 Å². The molecule has 0 radical (unpaired) electrons. The number of aromatic nitrogens is 4. The summed E-state index contributed by atoms with van der Waals surface area (Å²) in [5.41, 5.74) is 12.3. The van der Waals surface area contributed by atoms with E-state index in [0.717, 1.165) is 77.4 Å². The Morgan fingerprint density at radius 3 is 1.64 bits per heavy atom. The van der Waals surface area contributed by atoms with Crippen LogP contribution in [-0.4, -0.2) is 19.5 Å². The normalized spacial score (nSPS) is 11.6. The lowest BCUT2D eigenvalue weighted by molar-refractivity contribution is 0.669. The fourth-order valence-corrected chi connectivity index (χ4v) is 7.96. The molecule has 0 unspecified atom stereocenters. The van der Waals surface area contributed by atoms with Crippen LogP contribution in [0.2, 0.25) is 0 Å². The van der Waals surface area contributed by atoms with Crippen LogP contribution in [0, 0.1) is 0 Å². The van der Waals surface area contributed by atoms with Crippen LogP contribution in [0.3, 0.4) is 0 Å². The Hall–Kier alpha value is -7.63. The molecule has 0 aliphatic rings. The van der Waals surface area contributed by atoms with Gasteiger partial charge in [-0.15, -0.1) is 0 Å². The van der Waals surface area contributed by atoms with Crippen molar-refractivity contribution < 1.29 is 4.42 Å². The van der Waals surface area contributed by atoms with Crippen molar-refractivity contribution in [1.29, 1.82) is 0 Å². The van der Waals surface area contributed by atoms with Crippen molar-refractivity contribution in [1.82, 2.24) is 19.5 Å². The topological polar surface area (TPSA) is 56.7 Å². The van der Waals surface area contributed by atoms with Gasteiger partial charge in [0.1, 0.15) is 11.2 Å². The maximum Gasteiger partial charge on any atom is 0.166 e. The van der Waals surface area contributed by atoms with E-state index in [-0.39, 0.29) is 0 Å². The third-order valence-corrected chi connectivity index (χ3v) is 10.7. The molecule has 0 fully saturated rings. The van der Waals surface area contributed by atoms with Crippen molar-refractivity contribution >= 4 is 43.7 Å². The second-order valence-corrected chi connectivity index (χ2v) is 14.0. The number of furan rings is 1. The van der Waals surface area contributed by atoms with E-state index < -0.39 is 0 Å². The van der Waals surface area contributed by atoms with Crippen molar-refractivity contribution in [2.45, 2.75) is 0 Å². The minimum Gasteiger partial charge on any atom is -0.456 e. The van der Waals surface area contributed by atoms with Gasteiger partial charge in [-0.2, -0.15) is 0 Å². The number of benzene rings is 8. The highest BCUT2D eigenvalue weighted by Gasteiger charge is 2.20. The molecule has 0 bridgehead atoms. The molecule has 11 rings (SSSR count). The highest BCUT2D eigenvalue weighted by Crippen LogP contribution is 2.39. The molecular weight excluding hydrogens is 685 g/mol. The van der Waals surface area contributed by atoms with Gasteiger partial charge in [-0.3, -0.25) is 0 Å². The van der Waals surface area contributed by atoms with Crippen molar-refractivity contribution in [3.05, 3.63) is 194 Å². The van der Waals surface area contributed by atoms with E-state index >= 15 is 0 Å². The largest absolute Gasteiger partial charge is 0.456 e. The number of rotatable bonds is 6. The summed E-state index contributed by atoms with van der Waals surface area (Å²) in [5, 5.41) is 4.59. The van der Waals surface area contributed by atoms with E-state index in [9.17, 15) is 0 Å². The first-order valence-electron chi connectivity index (χ1n) is 18.8. The molecule has 0 spiro atoms. The van der Waals surface area contributed by atoms with Crippen molar-refractivity contribution in [3.63, 3.8) is 0 Å². The molecule has 0 aliphatic carbocycles. The molecule has 0 aliphatic heterocycles. The SMILES string of the molecule is c1ccc(-c2ccc(-c3nc(-c4ccccc4)nc(-c4ccccc4-n4c5ccccc5c5cc(-c6ccc7c(c6)oc6ccccc67)ccc54)n3)cc2)cc1. The zero-order chi connectivity index (χ0) is 37.0. The van der Waals surface area contributed by atoms with Gasteiger partial charge < -0.3 is 8.98 Å². The average Bonchev–Trinajstić information content (AvgIpc) is 3.82. The molecule has 3 aromatic heterocycles. The first-order valence-corrected chi connectivity index (χ1v) is 18.8. The highest BCUT2D eigenvalue weighted by molar-refractivity contribution is 6.11. The van der Waals surface area contributed by atoms with E-state index in [1.165, 1.54) is 10.9 Å². The van der Waals surface area contributed by atoms with E-state index in [1.54, 1.807) is 0 Å². The van der Waals surface area contributed by atoms with Crippen LogP contribution in [0.25, 0.3) is 106 Å². The Morgan fingerprint density at radius 1 is 0.321 bits per heavy atom. The van der Waals surface area contributed by atoms with Crippen LogP contribution in [0.15, 0.2) is 199 Å². The number of hydrogen-bond donors (Lipinski definition) is 0. The highest BCUT2D eigenvalue weighted by atomic mass is 16.3. The summed E-state index contributed by atoms with van der Waals surface area (Å²) in [4.78, 5) is 15.4. The smallest absolute Gasteiger partial charge is 0.166 e. The monoisotopic (exact) mass is 716 g/mol. The summed E-state index contributed by atoms with van der Waals surface area (Å²) in [5.74, 6) is 1.86. The van der Waals surface area contributed by atoms with Crippen LogP contribution in [-0.2, 0) is 0 Å². The first kappa shape index (κ1) is 31.9. The third kappa shape index (κ3) is 5.37. The standard InChI is InChI=1S/C51H32N4O/c1-3-13-33(14-4-1)34-23-25-36(26-24-34)50-52-49(35-15-5-2-6-16-35)53-51(54-50)42-19-8-11-21-45(42)55-44-20-10-7-17-39(44)43-31-37(28-30-46(43)55)38-27-29-41-40-18-9-12-22-47(40)56-48(41)32-38/h1-32H. The Labute approximate surface area is 322 Å². The van der Waals surface area contributed by atoms with Gasteiger partial charge in [0.15, 0.2) is 17.5 Å². The van der Waals surface area contributed by atoms with Crippen molar-refractivity contribution in [2.24, 2.45) is 0 Å². The summed E-state index contributed by atoms with van der Waals surface area (Å²) >= 11 is 0. The second-order valence-electron chi connectivity index (χ2n) is 14.0. The van der Waals surface area contributed by atoms with Gasteiger partial charge in [-0.25, -0.2) is 15.0 Å². The van der Waals surface area contributed by atoms with Gasteiger partial charge in [0, 0.05) is 38.2 Å². The number of nitrogens with zero attached hydrogens (tertiary/aromatic N) is 4. The lowest BCUT2D eigenvalue weighted by Gasteiger charge is -2.15. The molecule has 0 saturated heterocycles. The van der Waals surface area contributed by atoms with Gasteiger partial charge in [0.2, 0.25) is 0 Å². The van der Waals surface area contributed by atoms with Crippen molar-refractivity contribution in [3.8, 4) is 62.1 Å². The second kappa shape index (κ2) is 13.0. The molecule has 5 heteroatoms. The average molecular weight is 717 g/mol. The summed E-state index contributed by atoms with van der Waals surface area (Å²) in [7, 11) is 0. The van der Waals surface area contributed by atoms with Crippen LogP contribution < -0.4 is 0 Å². The van der Waals surface area contributed by atoms with Crippen LogP contribution in [0.1, 0.15) is 0 Å². The summed E-state index contributed by atoms with van der Waals surface area (Å²) < 4.78 is 8.61. The Balaban J connectivity index is 1.07. The van der Waals surface area contributed by atoms with Gasteiger partial charge >= 0.3 is 0 Å². The number of fused-ring (bicyclic) bond motifs is 6. The number of para-hydroxylation sites is 3. The maximum absolute atomic E-state index is 6.27. The minimum absolute atomic E-state index is 0.610. The fraction of sp³-hybridized carbons (Fsp3) is 0. The summed E-state index contributed by atoms with van der Waals surface area (Å²) in [6.07, 6.45) is 0. The van der Waals surface area contributed by atoms with Crippen LogP contribution >= 0.6 is 0 Å². The number of hydrogen-bond acceptors (Lipinski definition) is 4. The van der Waals surface area contributed by atoms with Crippen LogP contribution in [0.5, 0.6) is 0 Å². The Morgan fingerprint density at radius 2 is 0.839 bits per heavy atom. The minimum atomic E-state index is 0.610. The molecule has 56 heavy (non-hydrogen) atoms. The molecular formula is C51H32N4O. The lowest BCUT2D eigenvalue weighted by atomic mass is 10.0. The molecule has 0 atom stereocenters. The van der Waals surface area contributed by atoms with Gasteiger partial charge in [-0.05, 0) is 70.8 Å². The molecule has 0 N–H and O–H groups in total. The molecule has 262 valence electrons. The Kier molecular flexibility index (Phi) is 7.42. The van der Waals surface area contributed by atoms with Gasteiger partial charge in [0.25, 0.3) is 0 Å². The van der Waals surface area contributed by atoms with Gasteiger partial charge in [-0.1, -0.05) is 146 Å². The predicted molar refractivity (Wildman–Crippen MR) is 229 cm³/mol. The van der Waals surface area contributed by atoms with Crippen LogP contribution in [0.4, 0.5) is 0 Å². The molecule has 0 saturated carbocycles. The maximum atomic E-state index is 6.27. The van der Waals surface area contributed by atoms with E-state index in [1.807, 2.05) is 48.5 Å². The van der Waals surface area contributed by atoms with E-state index in [4.69, 9.17) is 19.4 Å². The van der Waals surface area contributed by atoms with E-state index in [0.29, 0.717) is 17.5 Å².